The second-order valence-electron chi connectivity index (χ2n) is 5.91. The molecule has 0 bridgehead atoms. The normalized spacial score (nSPS) is 25.5. The number of hydrogen-bond donors (Lipinski definition) is 1. The van der Waals surface area contributed by atoms with Crippen LogP contribution in [-0.2, 0) is 4.74 Å². The summed E-state index contributed by atoms with van der Waals surface area (Å²) in [5.41, 5.74) is 1.95. The molecule has 0 aliphatic carbocycles. The summed E-state index contributed by atoms with van der Waals surface area (Å²) in [6.45, 7) is 6.05. The minimum atomic E-state index is -0.00648. The van der Waals surface area contributed by atoms with E-state index in [9.17, 15) is 4.79 Å². The van der Waals surface area contributed by atoms with Gasteiger partial charge in [-0.05, 0) is 39.5 Å². The molecule has 2 aliphatic heterocycles. The summed E-state index contributed by atoms with van der Waals surface area (Å²) >= 11 is 0. The molecule has 2 aliphatic rings. The van der Waals surface area contributed by atoms with Crippen LogP contribution in [0.25, 0.3) is 0 Å². The SMILES string of the molecule is Cc1noc(C)c1C1CCCN1C(=O)NCC1CCCO1. The van der Waals surface area contributed by atoms with Gasteiger partial charge in [-0.1, -0.05) is 5.16 Å². The van der Waals surface area contributed by atoms with Crippen molar-refractivity contribution in [2.24, 2.45) is 0 Å². The van der Waals surface area contributed by atoms with E-state index in [-0.39, 0.29) is 18.2 Å². The number of carbonyl (C=O) groups excluding carboxylic acids is 1. The lowest BCUT2D eigenvalue weighted by Gasteiger charge is -2.25. The van der Waals surface area contributed by atoms with Gasteiger partial charge in [-0.3, -0.25) is 0 Å². The molecule has 21 heavy (non-hydrogen) atoms. The summed E-state index contributed by atoms with van der Waals surface area (Å²) < 4.78 is 10.8. The number of aromatic nitrogens is 1. The van der Waals surface area contributed by atoms with Crippen LogP contribution in [0.4, 0.5) is 4.79 Å². The number of urea groups is 1. The summed E-state index contributed by atoms with van der Waals surface area (Å²) in [6, 6.07) is 0.0775. The zero-order valence-corrected chi connectivity index (χ0v) is 12.7. The van der Waals surface area contributed by atoms with Crippen molar-refractivity contribution >= 4 is 6.03 Å². The summed E-state index contributed by atoms with van der Waals surface area (Å²) in [6.07, 6.45) is 4.28. The van der Waals surface area contributed by atoms with E-state index in [1.807, 2.05) is 18.7 Å². The van der Waals surface area contributed by atoms with Crippen molar-refractivity contribution in [3.8, 4) is 0 Å². The summed E-state index contributed by atoms with van der Waals surface area (Å²) in [5.74, 6) is 0.816. The van der Waals surface area contributed by atoms with Gasteiger partial charge in [-0.25, -0.2) is 4.79 Å². The fourth-order valence-corrected chi connectivity index (χ4v) is 3.38. The number of ether oxygens (including phenoxy) is 1. The number of carbonyl (C=O) groups is 1. The fourth-order valence-electron chi connectivity index (χ4n) is 3.38. The minimum Gasteiger partial charge on any atom is -0.376 e. The molecule has 1 aromatic heterocycles. The number of amides is 2. The van der Waals surface area contributed by atoms with E-state index in [4.69, 9.17) is 9.26 Å². The van der Waals surface area contributed by atoms with Crippen LogP contribution >= 0.6 is 0 Å². The van der Waals surface area contributed by atoms with Crippen molar-refractivity contribution in [3.05, 3.63) is 17.0 Å². The maximum atomic E-state index is 12.4. The van der Waals surface area contributed by atoms with Crippen LogP contribution in [0.3, 0.4) is 0 Å². The highest BCUT2D eigenvalue weighted by atomic mass is 16.5. The minimum absolute atomic E-state index is 0.00648. The van der Waals surface area contributed by atoms with Crippen molar-refractivity contribution in [1.29, 1.82) is 0 Å². The third-order valence-corrected chi connectivity index (χ3v) is 4.44. The molecule has 1 aromatic rings. The van der Waals surface area contributed by atoms with Crippen LogP contribution in [0.5, 0.6) is 0 Å². The monoisotopic (exact) mass is 293 g/mol. The molecule has 2 amide bonds. The molecule has 3 rings (SSSR count). The molecule has 6 heteroatoms. The largest absolute Gasteiger partial charge is 0.376 e. The summed E-state index contributed by atoms with van der Waals surface area (Å²) in [5, 5.41) is 7.02. The van der Waals surface area contributed by atoms with Gasteiger partial charge in [0.15, 0.2) is 0 Å². The molecule has 2 unspecified atom stereocenters. The van der Waals surface area contributed by atoms with Crippen LogP contribution in [0.2, 0.25) is 0 Å². The van der Waals surface area contributed by atoms with E-state index in [2.05, 4.69) is 10.5 Å². The van der Waals surface area contributed by atoms with Gasteiger partial charge in [0.2, 0.25) is 0 Å². The van der Waals surface area contributed by atoms with Crippen molar-refractivity contribution in [3.63, 3.8) is 0 Å². The lowest BCUT2D eigenvalue weighted by Crippen LogP contribution is -2.42. The van der Waals surface area contributed by atoms with E-state index in [1.54, 1.807) is 0 Å². The van der Waals surface area contributed by atoms with Gasteiger partial charge in [-0.2, -0.15) is 0 Å². The van der Waals surface area contributed by atoms with Crippen LogP contribution in [0.1, 0.15) is 48.7 Å². The Labute approximate surface area is 124 Å². The molecule has 1 N–H and O–H groups in total. The highest BCUT2D eigenvalue weighted by Gasteiger charge is 2.34. The van der Waals surface area contributed by atoms with Gasteiger partial charge in [-0.15, -0.1) is 0 Å². The van der Waals surface area contributed by atoms with Crippen LogP contribution in [0, 0.1) is 13.8 Å². The zero-order valence-electron chi connectivity index (χ0n) is 12.7. The van der Waals surface area contributed by atoms with Crippen LogP contribution in [-0.4, -0.2) is 41.9 Å². The van der Waals surface area contributed by atoms with Crippen molar-refractivity contribution < 1.29 is 14.1 Å². The van der Waals surface area contributed by atoms with Gasteiger partial charge in [0.05, 0.1) is 17.8 Å². The standard InChI is InChI=1S/C15H23N3O3/c1-10-14(11(2)21-17-10)13-6-3-7-18(13)15(19)16-9-12-5-4-8-20-12/h12-13H,3-9H2,1-2H3,(H,16,19). The number of likely N-dealkylation sites (tertiary alicyclic amines) is 1. The predicted molar refractivity (Wildman–Crippen MR) is 77.0 cm³/mol. The highest BCUT2D eigenvalue weighted by molar-refractivity contribution is 5.75. The molecule has 2 atom stereocenters. The van der Waals surface area contributed by atoms with Gasteiger partial charge in [0.1, 0.15) is 5.76 Å². The molecule has 0 spiro atoms. The number of aryl methyl sites for hydroxylation is 2. The van der Waals surface area contributed by atoms with Gasteiger partial charge in [0, 0.05) is 25.3 Å². The molecule has 3 heterocycles. The average Bonchev–Trinajstić information content (AvgIpc) is 3.18. The Kier molecular flexibility index (Phi) is 4.14. The second kappa shape index (κ2) is 6.05. The van der Waals surface area contributed by atoms with E-state index in [0.717, 1.165) is 55.9 Å². The van der Waals surface area contributed by atoms with Crippen molar-refractivity contribution in [2.75, 3.05) is 19.7 Å². The maximum Gasteiger partial charge on any atom is 0.318 e. The number of nitrogens with zero attached hydrogens (tertiary/aromatic N) is 2. The molecule has 116 valence electrons. The summed E-state index contributed by atoms with van der Waals surface area (Å²) in [7, 11) is 0. The fraction of sp³-hybridized carbons (Fsp3) is 0.733. The smallest absolute Gasteiger partial charge is 0.318 e. The van der Waals surface area contributed by atoms with E-state index in [1.165, 1.54) is 0 Å². The average molecular weight is 293 g/mol. The Morgan fingerprint density at radius 2 is 2.24 bits per heavy atom. The Hall–Kier alpha value is -1.56. The predicted octanol–water partition coefficient (Wildman–Crippen LogP) is 2.32. The Balaban J connectivity index is 1.64. The zero-order chi connectivity index (χ0) is 14.8. The molecule has 6 nitrogen and oxygen atoms in total. The Morgan fingerprint density at radius 3 is 2.90 bits per heavy atom. The quantitative estimate of drug-likeness (QED) is 0.928. The molecule has 2 saturated heterocycles. The lowest BCUT2D eigenvalue weighted by molar-refractivity contribution is 0.108. The van der Waals surface area contributed by atoms with E-state index < -0.39 is 0 Å². The topological polar surface area (TPSA) is 67.6 Å². The summed E-state index contributed by atoms with van der Waals surface area (Å²) in [4.78, 5) is 14.3. The first-order valence-electron chi connectivity index (χ1n) is 7.75. The van der Waals surface area contributed by atoms with Crippen molar-refractivity contribution in [2.45, 2.75) is 51.7 Å². The number of rotatable bonds is 3. The van der Waals surface area contributed by atoms with Gasteiger partial charge >= 0.3 is 6.03 Å². The van der Waals surface area contributed by atoms with Gasteiger partial charge in [0.25, 0.3) is 0 Å². The first kappa shape index (κ1) is 14.4. The molecule has 0 saturated carbocycles. The molecule has 0 radical (unpaired) electrons. The Bertz CT molecular complexity index is 489. The third-order valence-electron chi connectivity index (χ3n) is 4.44. The van der Waals surface area contributed by atoms with E-state index >= 15 is 0 Å². The number of nitrogens with one attached hydrogen (secondary N) is 1. The third kappa shape index (κ3) is 2.90. The van der Waals surface area contributed by atoms with Crippen molar-refractivity contribution in [1.82, 2.24) is 15.4 Å². The molecular formula is C15H23N3O3. The molecular weight excluding hydrogens is 270 g/mol. The van der Waals surface area contributed by atoms with Gasteiger partial charge < -0.3 is 19.5 Å². The lowest BCUT2D eigenvalue weighted by atomic mass is 10.0. The van der Waals surface area contributed by atoms with E-state index in [0.29, 0.717) is 6.54 Å². The highest BCUT2D eigenvalue weighted by Crippen LogP contribution is 2.35. The maximum absolute atomic E-state index is 12.4. The molecule has 2 fully saturated rings. The Morgan fingerprint density at radius 1 is 1.38 bits per heavy atom. The van der Waals surface area contributed by atoms with Crippen LogP contribution in [0.15, 0.2) is 4.52 Å². The second-order valence-corrected chi connectivity index (χ2v) is 5.91. The first-order chi connectivity index (χ1) is 10.2. The molecule has 0 aromatic carbocycles. The van der Waals surface area contributed by atoms with Crippen LogP contribution < -0.4 is 5.32 Å². The number of hydrogen-bond acceptors (Lipinski definition) is 4. The first-order valence-corrected chi connectivity index (χ1v) is 7.75.